The molecule has 19 heteroatoms. The summed E-state index contributed by atoms with van der Waals surface area (Å²) in [5.74, 6) is -0.236. The van der Waals surface area contributed by atoms with Crippen molar-refractivity contribution in [3.63, 3.8) is 0 Å². The zero-order valence-electron chi connectivity index (χ0n) is 53.1. The first-order chi connectivity index (χ1) is 41.3. The Morgan fingerprint density at radius 1 is 0.376 bits per heavy atom. The maximum absolute atomic E-state index is 13.4. The van der Waals surface area contributed by atoms with Crippen molar-refractivity contribution in [2.75, 3.05) is 26.4 Å². The molecule has 1 amide bonds. The maximum Gasteiger partial charge on any atom is 0.220 e. The molecule has 0 aromatic heterocycles. The first kappa shape index (κ1) is 78.0. The van der Waals surface area contributed by atoms with Crippen molar-refractivity contribution >= 4 is 5.91 Å². The predicted molar refractivity (Wildman–Crippen MR) is 328 cm³/mol. The van der Waals surface area contributed by atoms with Gasteiger partial charge >= 0.3 is 0 Å². The van der Waals surface area contributed by atoms with E-state index in [1.54, 1.807) is 0 Å². The summed E-state index contributed by atoms with van der Waals surface area (Å²) < 4.78 is 34.4. The number of nitrogens with one attached hydrogen (secondary N) is 1. The lowest BCUT2D eigenvalue weighted by molar-refractivity contribution is -0.379. The van der Waals surface area contributed by atoms with E-state index in [2.05, 4.69) is 19.2 Å². The van der Waals surface area contributed by atoms with Gasteiger partial charge in [-0.3, -0.25) is 4.79 Å². The highest BCUT2D eigenvalue weighted by Crippen LogP contribution is 2.33. The van der Waals surface area contributed by atoms with Gasteiger partial charge in [0.15, 0.2) is 18.9 Å². The molecule has 0 spiro atoms. The molecule has 3 heterocycles. The first-order valence-corrected chi connectivity index (χ1v) is 34.8. The Morgan fingerprint density at radius 3 is 1.02 bits per heavy atom. The summed E-state index contributed by atoms with van der Waals surface area (Å²) >= 11 is 0. The van der Waals surface area contributed by atoms with Gasteiger partial charge in [-0.05, 0) is 12.8 Å². The molecule has 0 radical (unpaired) electrons. The molecule has 12 N–H and O–H groups in total. The van der Waals surface area contributed by atoms with Crippen LogP contribution in [-0.4, -0.2) is 193 Å². The van der Waals surface area contributed by atoms with E-state index in [4.69, 9.17) is 28.4 Å². The largest absolute Gasteiger partial charge is 0.394 e. The number of aliphatic hydroxyl groups excluding tert-OH is 11. The van der Waals surface area contributed by atoms with Crippen LogP contribution in [-0.2, 0) is 33.2 Å². The van der Waals surface area contributed by atoms with Crippen LogP contribution in [0, 0.1) is 0 Å². The predicted octanol–water partition coefficient (Wildman–Crippen LogP) is 8.72. The Balaban J connectivity index is 1.44. The van der Waals surface area contributed by atoms with Gasteiger partial charge in [-0.15, -0.1) is 0 Å². The Bertz CT molecular complexity index is 1550. The summed E-state index contributed by atoms with van der Waals surface area (Å²) in [6, 6.07) is -0.881. The van der Waals surface area contributed by atoms with Crippen LogP contribution in [0.25, 0.3) is 0 Å². The van der Waals surface area contributed by atoms with Gasteiger partial charge in [-0.25, -0.2) is 0 Å². The number of aliphatic hydroxyl groups is 11. The normalized spacial score (nSPS) is 28.9. The molecule has 3 aliphatic rings. The number of hydrogen-bond donors (Lipinski definition) is 12. The van der Waals surface area contributed by atoms with Crippen LogP contribution < -0.4 is 5.32 Å². The van der Waals surface area contributed by atoms with Crippen LogP contribution in [0.1, 0.15) is 284 Å². The molecular formula is C66H127NO18. The first-order valence-electron chi connectivity index (χ1n) is 34.8. The van der Waals surface area contributed by atoms with E-state index >= 15 is 0 Å². The minimum atomic E-state index is -1.97. The van der Waals surface area contributed by atoms with Gasteiger partial charge in [-0.2, -0.15) is 0 Å². The van der Waals surface area contributed by atoms with Gasteiger partial charge < -0.3 is 89.9 Å². The molecule has 0 saturated carbocycles. The third-order valence-electron chi connectivity index (χ3n) is 17.9. The second-order valence-corrected chi connectivity index (χ2v) is 25.4. The van der Waals surface area contributed by atoms with Crippen LogP contribution in [0.5, 0.6) is 0 Å². The Kier molecular flexibility index (Phi) is 45.4. The standard InChI is InChI=1S/C66H127NO18/c1-3-5-7-9-11-13-15-17-19-21-23-24-26-27-29-31-33-35-37-39-41-43-50(71)49(67-54(72)44-42-40-38-36-34-32-30-28-25-22-20-18-16-14-12-10-8-6-4-2)48-80-64-60(78)57(75)62(52(46-69)82-64)85-66-61(79)58(76)63(53(47-70)83-66)84-65-59(77)56(74)55(73)51(45-68)81-65/h49-53,55-66,68-71,73-79H,3-48H2,1-2H3,(H,67,72). The van der Waals surface area contributed by atoms with E-state index in [-0.39, 0.29) is 18.9 Å². The highest BCUT2D eigenvalue weighted by molar-refractivity contribution is 5.76. The quantitative estimate of drug-likeness (QED) is 0.0253. The number of hydrogen-bond acceptors (Lipinski definition) is 18. The summed E-state index contributed by atoms with van der Waals surface area (Å²) in [7, 11) is 0. The highest BCUT2D eigenvalue weighted by Gasteiger charge is 2.53. The van der Waals surface area contributed by atoms with Gasteiger partial charge in [-0.1, -0.05) is 264 Å². The number of carbonyl (C=O) groups excluding carboxylic acids is 1. The zero-order chi connectivity index (χ0) is 61.9. The molecule has 19 nitrogen and oxygen atoms in total. The molecule has 3 fully saturated rings. The lowest BCUT2D eigenvalue weighted by atomic mass is 9.96. The van der Waals surface area contributed by atoms with Crippen molar-refractivity contribution in [2.45, 2.75) is 388 Å². The monoisotopic (exact) mass is 1220 g/mol. The average Bonchev–Trinajstić information content (AvgIpc) is 3.51. The van der Waals surface area contributed by atoms with Crippen molar-refractivity contribution in [1.29, 1.82) is 0 Å². The van der Waals surface area contributed by atoms with Gasteiger partial charge in [0.05, 0.1) is 38.6 Å². The second kappa shape index (κ2) is 49.5. The SMILES string of the molecule is CCCCCCCCCCCCCCCCCCCCCCCC(O)C(COC1OC(CO)C(OC2OC(CO)C(OC3OC(CO)C(O)C(O)C3O)C(O)C2O)C(O)C1O)NC(=O)CCCCCCCCCCCCCCCCCCCCC. The van der Waals surface area contributed by atoms with Crippen LogP contribution in [0.2, 0.25) is 0 Å². The van der Waals surface area contributed by atoms with Gasteiger partial charge in [0, 0.05) is 6.42 Å². The molecule has 3 rings (SSSR count). The minimum Gasteiger partial charge on any atom is -0.394 e. The number of carbonyl (C=O) groups is 1. The highest BCUT2D eigenvalue weighted by atomic mass is 16.8. The number of unbranched alkanes of at least 4 members (excludes halogenated alkanes) is 38. The van der Waals surface area contributed by atoms with Crippen LogP contribution in [0.3, 0.4) is 0 Å². The molecule has 0 aromatic rings. The van der Waals surface area contributed by atoms with Crippen molar-refractivity contribution < 1.29 is 89.4 Å². The van der Waals surface area contributed by atoms with Gasteiger partial charge in [0.2, 0.25) is 5.91 Å². The average molecular weight is 1220 g/mol. The van der Waals surface area contributed by atoms with Crippen LogP contribution in [0.15, 0.2) is 0 Å². The minimum absolute atomic E-state index is 0.236. The molecular weight excluding hydrogens is 1090 g/mol. The van der Waals surface area contributed by atoms with Crippen LogP contribution >= 0.6 is 0 Å². The van der Waals surface area contributed by atoms with Gasteiger partial charge in [0.1, 0.15) is 73.2 Å². The summed E-state index contributed by atoms with van der Waals surface area (Å²) in [5.41, 5.74) is 0. The number of rotatable bonds is 54. The van der Waals surface area contributed by atoms with E-state index in [1.807, 2.05) is 0 Å². The summed E-state index contributed by atoms with van der Waals surface area (Å²) in [4.78, 5) is 13.4. The van der Waals surface area contributed by atoms with Crippen molar-refractivity contribution in [1.82, 2.24) is 5.32 Å². The summed E-state index contributed by atoms with van der Waals surface area (Å²) in [6.07, 6.45) is 24.6. The molecule has 0 aromatic carbocycles. The van der Waals surface area contributed by atoms with E-state index in [9.17, 15) is 61.0 Å². The fourth-order valence-corrected chi connectivity index (χ4v) is 12.3. The Morgan fingerprint density at radius 2 is 0.671 bits per heavy atom. The maximum atomic E-state index is 13.4. The molecule has 17 unspecified atom stereocenters. The summed E-state index contributed by atoms with van der Waals surface area (Å²) in [6.45, 7) is 1.84. The van der Waals surface area contributed by atoms with E-state index in [0.29, 0.717) is 12.8 Å². The topological polar surface area (TPSA) is 307 Å². The number of amides is 1. The van der Waals surface area contributed by atoms with Crippen molar-refractivity contribution in [2.24, 2.45) is 0 Å². The van der Waals surface area contributed by atoms with E-state index in [0.717, 1.165) is 44.9 Å². The molecule has 504 valence electrons. The van der Waals surface area contributed by atoms with Crippen molar-refractivity contribution in [3.8, 4) is 0 Å². The molecule has 17 atom stereocenters. The Hall–Kier alpha value is -1.21. The van der Waals surface area contributed by atoms with E-state index in [1.165, 1.54) is 205 Å². The lowest BCUT2D eigenvalue weighted by Gasteiger charge is -2.48. The molecule has 0 bridgehead atoms. The molecule has 3 saturated heterocycles. The fourth-order valence-electron chi connectivity index (χ4n) is 12.3. The van der Waals surface area contributed by atoms with Crippen LogP contribution in [0.4, 0.5) is 0 Å². The Labute approximate surface area is 513 Å². The third-order valence-corrected chi connectivity index (χ3v) is 17.9. The third kappa shape index (κ3) is 32.1. The smallest absolute Gasteiger partial charge is 0.220 e. The molecule has 0 aliphatic carbocycles. The van der Waals surface area contributed by atoms with Crippen molar-refractivity contribution in [3.05, 3.63) is 0 Å². The number of ether oxygens (including phenoxy) is 6. The van der Waals surface area contributed by atoms with Gasteiger partial charge in [0.25, 0.3) is 0 Å². The fraction of sp³-hybridized carbons (Fsp3) is 0.985. The van der Waals surface area contributed by atoms with E-state index < -0.39 is 124 Å². The zero-order valence-corrected chi connectivity index (χ0v) is 53.1. The summed E-state index contributed by atoms with van der Waals surface area (Å²) in [5, 5.41) is 121. The molecule has 85 heavy (non-hydrogen) atoms. The second-order valence-electron chi connectivity index (χ2n) is 25.4. The molecule has 3 aliphatic heterocycles. The lowest BCUT2D eigenvalue weighted by Crippen LogP contribution is -2.66.